The third kappa shape index (κ3) is 3.40. The van der Waals surface area contributed by atoms with E-state index in [0.717, 1.165) is 16.6 Å². The molecule has 2 aromatic rings. The first-order chi connectivity index (χ1) is 8.79. The van der Waals surface area contributed by atoms with Gasteiger partial charge in [-0.15, -0.1) is 0 Å². The maximum Gasteiger partial charge on any atom is 0.232 e. The van der Waals surface area contributed by atoms with Crippen LogP contribution in [0.4, 0.5) is 5.95 Å². The van der Waals surface area contributed by atoms with Crippen molar-refractivity contribution in [1.29, 1.82) is 0 Å². The Labute approximate surface area is 114 Å². The van der Waals surface area contributed by atoms with Gasteiger partial charge in [-0.1, -0.05) is 6.07 Å². The summed E-state index contributed by atoms with van der Waals surface area (Å²) in [6.45, 7) is 0.524. The molecule has 94 valence electrons. The minimum atomic E-state index is 0.524. The summed E-state index contributed by atoms with van der Waals surface area (Å²) in [5.41, 5.74) is 0.997. The molecule has 0 aliphatic heterocycles. The van der Waals surface area contributed by atoms with Gasteiger partial charge < -0.3 is 10.1 Å². The average Bonchev–Trinajstić information content (AvgIpc) is 2.42. The van der Waals surface area contributed by atoms with Gasteiger partial charge in [-0.2, -0.15) is 4.98 Å². The zero-order chi connectivity index (χ0) is 12.8. The molecule has 0 spiro atoms. The molecule has 18 heavy (non-hydrogen) atoms. The molecule has 0 unspecified atom stereocenters. The summed E-state index contributed by atoms with van der Waals surface area (Å²) in [6.07, 6.45) is 4.18. The van der Waals surface area contributed by atoms with Gasteiger partial charge in [-0.3, -0.25) is 4.98 Å². The van der Waals surface area contributed by atoms with Crippen molar-refractivity contribution in [3.63, 3.8) is 0 Å². The molecular formula is C12H13BrN4O. The minimum Gasteiger partial charge on any atom is -0.476 e. The smallest absolute Gasteiger partial charge is 0.232 e. The first-order valence-electron chi connectivity index (χ1n) is 5.52. The van der Waals surface area contributed by atoms with E-state index in [1.165, 1.54) is 0 Å². The summed E-state index contributed by atoms with van der Waals surface area (Å²) in [6, 6.07) is 5.82. The second kappa shape index (κ2) is 6.30. The Bertz CT molecular complexity index is 507. The summed E-state index contributed by atoms with van der Waals surface area (Å²) < 4.78 is 6.34. The predicted octanol–water partition coefficient (Wildman–Crippen LogP) is 2.30. The molecule has 2 rings (SSSR count). The van der Waals surface area contributed by atoms with Crippen molar-refractivity contribution in [2.45, 2.75) is 6.42 Å². The van der Waals surface area contributed by atoms with Gasteiger partial charge in [0.25, 0.3) is 0 Å². The Morgan fingerprint density at radius 3 is 2.94 bits per heavy atom. The fourth-order valence-corrected chi connectivity index (χ4v) is 1.68. The number of rotatable bonds is 5. The number of anilines is 1. The molecule has 0 saturated heterocycles. The molecular weight excluding hydrogens is 296 g/mol. The Hall–Kier alpha value is -1.69. The number of pyridine rings is 1. The van der Waals surface area contributed by atoms with Crippen molar-refractivity contribution in [2.24, 2.45) is 0 Å². The van der Waals surface area contributed by atoms with E-state index in [1.807, 2.05) is 18.2 Å². The van der Waals surface area contributed by atoms with Gasteiger partial charge in [0.1, 0.15) is 0 Å². The Kier molecular flexibility index (Phi) is 4.46. The minimum absolute atomic E-state index is 0.524. The van der Waals surface area contributed by atoms with E-state index in [-0.39, 0.29) is 0 Å². The van der Waals surface area contributed by atoms with Gasteiger partial charge in [0.15, 0.2) is 0 Å². The molecule has 0 aliphatic carbocycles. The number of hydrogen-bond acceptors (Lipinski definition) is 5. The second-order valence-electron chi connectivity index (χ2n) is 3.52. The Morgan fingerprint density at radius 1 is 1.33 bits per heavy atom. The summed E-state index contributed by atoms with van der Waals surface area (Å²) in [5.74, 6) is 1.07. The molecule has 0 amide bonds. The molecule has 0 bridgehead atoms. The number of aromatic nitrogens is 3. The van der Waals surface area contributed by atoms with Crippen LogP contribution in [0.3, 0.4) is 0 Å². The predicted molar refractivity (Wildman–Crippen MR) is 72.7 cm³/mol. The van der Waals surface area contributed by atoms with E-state index in [2.05, 4.69) is 36.2 Å². The zero-order valence-corrected chi connectivity index (χ0v) is 11.5. The number of nitrogens with one attached hydrogen (secondary N) is 1. The molecule has 2 aromatic heterocycles. The molecule has 0 fully saturated rings. The zero-order valence-electron chi connectivity index (χ0n) is 9.93. The van der Waals surface area contributed by atoms with E-state index >= 15 is 0 Å². The molecule has 5 nitrogen and oxygen atoms in total. The van der Waals surface area contributed by atoms with Crippen LogP contribution in [0.25, 0.3) is 0 Å². The van der Waals surface area contributed by atoms with Crippen LogP contribution in [0, 0.1) is 0 Å². The van der Waals surface area contributed by atoms with Crippen LogP contribution in [-0.2, 0) is 6.42 Å². The van der Waals surface area contributed by atoms with Crippen LogP contribution in [0.2, 0.25) is 0 Å². The summed E-state index contributed by atoms with van der Waals surface area (Å²) in [5, 5.41) is 2.87. The molecule has 0 radical (unpaired) electrons. The fraction of sp³-hybridized carbons (Fsp3) is 0.250. The first kappa shape index (κ1) is 12.8. The fourth-order valence-electron chi connectivity index (χ4n) is 1.37. The van der Waals surface area contributed by atoms with Crippen molar-refractivity contribution in [3.05, 3.63) is 40.8 Å². The van der Waals surface area contributed by atoms with Crippen LogP contribution in [-0.4, -0.2) is 28.6 Å². The molecule has 6 heteroatoms. The van der Waals surface area contributed by atoms with Crippen LogP contribution < -0.4 is 10.1 Å². The lowest BCUT2D eigenvalue weighted by molar-refractivity contribution is 0.306. The number of nitrogens with zero attached hydrogens (tertiary/aromatic N) is 3. The largest absolute Gasteiger partial charge is 0.476 e. The molecule has 0 saturated carbocycles. The van der Waals surface area contributed by atoms with Crippen molar-refractivity contribution in [1.82, 2.24) is 15.0 Å². The SMILES string of the molecule is CNc1ncc(Br)c(OCCc2ccccn2)n1. The normalized spacial score (nSPS) is 10.1. The average molecular weight is 309 g/mol. The molecule has 2 heterocycles. The van der Waals surface area contributed by atoms with E-state index in [4.69, 9.17) is 4.74 Å². The van der Waals surface area contributed by atoms with Crippen molar-refractivity contribution >= 4 is 21.9 Å². The maximum atomic E-state index is 5.61. The highest BCUT2D eigenvalue weighted by Gasteiger charge is 2.05. The van der Waals surface area contributed by atoms with Gasteiger partial charge in [0, 0.05) is 25.4 Å². The van der Waals surface area contributed by atoms with E-state index in [0.29, 0.717) is 18.4 Å². The summed E-state index contributed by atoms with van der Waals surface area (Å²) >= 11 is 3.35. The van der Waals surface area contributed by atoms with E-state index in [1.54, 1.807) is 19.4 Å². The van der Waals surface area contributed by atoms with Crippen LogP contribution >= 0.6 is 15.9 Å². The number of halogens is 1. The standard InChI is InChI=1S/C12H13BrN4O/c1-14-12-16-8-10(13)11(17-12)18-7-5-9-4-2-3-6-15-9/h2-4,6,8H,5,7H2,1H3,(H,14,16,17). The van der Waals surface area contributed by atoms with E-state index < -0.39 is 0 Å². The van der Waals surface area contributed by atoms with Crippen molar-refractivity contribution in [2.75, 3.05) is 19.0 Å². The van der Waals surface area contributed by atoms with Crippen LogP contribution in [0.5, 0.6) is 5.88 Å². The van der Waals surface area contributed by atoms with Gasteiger partial charge in [-0.25, -0.2) is 4.98 Å². The maximum absolute atomic E-state index is 5.61. The van der Waals surface area contributed by atoms with E-state index in [9.17, 15) is 0 Å². The Balaban J connectivity index is 1.94. The van der Waals surface area contributed by atoms with Gasteiger partial charge >= 0.3 is 0 Å². The molecule has 0 aromatic carbocycles. The van der Waals surface area contributed by atoms with Crippen LogP contribution in [0.1, 0.15) is 5.69 Å². The first-order valence-corrected chi connectivity index (χ1v) is 6.32. The van der Waals surface area contributed by atoms with Gasteiger partial charge in [0.2, 0.25) is 11.8 Å². The summed E-state index contributed by atoms with van der Waals surface area (Å²) in [7, 11) is 1.76. The molecule has 0 aliphatic rings. The van der Waals surface area contributed by atoms with Crippen LogP contribution in [0.15, 0.2) is 35.1 Å². The Morgan fingerprint density at radius 2 is 2.22 bits per heavy atom. The molecule has 0 atom stereocenters. The topological polar surface area (TPSA) is 59.9 Å². The number of ether oxygens (including phenoxy) is 1. The molecule has 1 N–H and O–H groups in total. The monoisotopic (exact) mass is 308 g/mol. The lowest BCUT2D eigenvalue weighted by atomic mass is 10.3. The highest BCUT2D eigenvalue weighted by molar-refractivity contribution is 9.10. The lowest BCUT2D eigenvalue weighted by Gasteiger charge is -2.07. The third-order valence-electron chi connectivity index (χ3n) is 2.26. The third-order valence-corrected chi connectivity index (χ3v) is 2.80. The quantitative estimate of drug-likeness (QED) is 0.918. The summed E-state index contributed by atoms with van der Waals surface area (Å²) in [4.78, 5) is 12.5. The highest BCUT2D eigenvalue weighted by Crippen LogP contribution is 2.22. The lowest BCUT2D eigenvalue weighted by Crippen LogP contribution is -2.06. The van der Waals surface area contributed by atoms with Crippen molar-refractivity contribution in [3.8, 4) is 5.88 Å². The highest BCUT2D eigenvalue weighted by atomic mass is 79.9. The van der Waals surface area contributed by atoms with Gasteiger partial charge in [0.05, 0.1) is 17.3 Å². The van der Waals surface area contributed by atoms with Gasteiger partial charge in [-0.05, 0) is 28.1 Å². The van der Waals surface area contributed by atoms with Crippen molar-refractivity contribution < 1.29 is 4.74 Å². The number of hydrogen-bond donors (Lipinski definition) is 1. The second-order valence-corrected chi connectivity index (χ2v) is 4.37.